The van der Waals surface area contributed by atoms with Gasteiger partial charge in [-0.1, -0.05) is 6.07 Å². The third-order valence-electron chi connectivity index (χ3n) is 6.54. The van der Waals surface area contributed by atoms with Gasteiger partial charge >= 0.3 is 11.9 Å². The molecular weight excluding hydrogens is 721 g/mol. The molecule has 0 N–H and O–H groups in total. The predicted octanol–water partition coefficient (Wildman–Crippen LogP) is 9.24. The van der Waals surface area contributed by atoms with E-state index >= 15 is 0 Å². The average Bonchev–Trinajstić information content (AvgIpc) is 2.80. The van der Waals surface area contributed by atoms with E-state index in [1.165, 1.54) is 6.08 Å². The second kappa shape index (κ2) is 15.7. The molecule has 2 atom stereocenters. The lowest BCUT2D eigenvalue weighted by atomic mass is 9.79. The Hall–Kier alpha value is -1.32. The molecule has 0 bridgehead atoms. The molecule has 0 spiro atoms. The molecule has 0 saturated heterocycles. The lowest BCUT2D eigenvalue weighted by Gasteiger charge is -2.50. The van der Waals surface area contributed by atoms with Gasteiger partial charge in [0.05, 0.1) is 12.2 Å². The fourth-order valence-corrected chi connectivity index (χ4v) is 11.6. The number of hydrogen-bond donors (Lipinski definition) is 0. The van der Waals surface area contributed by atoms with Crippen LogP contribution in [0.25, 0.3) is 6.08 Å². The number of esters is 1. The van der Waals surface area contributed by atoms with Gasteiger partial charge in [0.2, 0.25) is 25.0 Å². The van der Waals surface area contributed by atoms with Crippen molar-refractivity contribution in [2.24, 2.45) is 0 Å². The Balaban J connectivity index is 2.56. The Kier molecular flexibility index (Phi) is 14.1. The SMILES string of the molecule is C[Si](C)(C)OC(=O)C1(O[Si](C)(C)C)C[C@H](O[Si](C)(C)C)C(OC(=O)/C=C/c2ccc(O[Si](C)(C)C)c(O[Si](C)(C)C)c2)[C@@H](O[Si](C)(C)C)C1. The molecule has 0 unspecified atom stereocenters. The summed E-state index contributed by atoms with van der Waals surface area (Å²) in [6, 6.07) is 5.74. The van der Waals surface area contributed by atoms with Crippen molar-refractivity contribution in [1.82, 2.24) is 0 Å². The van der Waals surface area contributed by atoms with Gasteiger partial charge in [-0.25, -0.2) is 4.79 Å². The third kappa shape index (κ3) is 16.3. The van der Waals surface area contributed by atoms with E-state index in [4.69, 9.17) is 31.3 Å². The molecule has 1 fully saturated rings. The van der Waals surface area contributed by atoms with E-state index in [1.807, 2.05) is 37.8 Å². The van der Waals surface area contributed by atoms with E-state index in [2.05, 4.69) is 98.2 Å². The summed E-state index contributed by atoms with van der Waals surface area (Å²) in [4.78, 5) is 27.8. The lowest BCUT2D eigenvalue weighted by molar-refractivity contribution is -0.188. The van der Waals surface area contributed by atoms with Crippen molar-refractivity contribution in [2.75, 3.05) is 0 Å². The van der Waals surface area contributed by atoms with Crippen LogP contribution in [-0.4, -0.2) is 85.8 Å². The van der Waals surface area contributed by atoms with Crippen molar-refractivity contribution in [1.29, 1.82) is 0 Å². The quantitative estimate of drug-likeness (QED) is 0.0979. The van der Waals surface area contributed by atoms with E-state index in [-0.39, 0.29) is 18.8 Å². The van der Waals surface area contributed by atoms with Crippen LogP contribution in [0.15, 0.2) is 24.3 Å². The molecule has 1 aliphatic rings. The molecule has 1 saturated carbocycles. The van der Waals surface area contributed by atoms with E-state index in [0.29, 0.717) is 5.75 Å². The van der Waals surface area contributed by atoms with E-state index < -0.39 is 79.8 Å². The number of carbonyl (C=O) groups is 2. The number of benzene rings is 1. The standard InChI is InChI=1S/C34H66O9Si6/c1-44(2,3)38-27-21-19-26(23-28(27)39-45(4,5)6)20-22-31(35)37-32-29(40-46(7,8)9)24-34(43-49(16,17)18,33(36)42-48(13,14)15)25-30(32)41-47(10,11)12/h19-23,29-30,32H,24-25H2,1-18H3/b22-20+/t29-,30-,32?,34?/m0/s1. The third-order valence-corrected chi connectivity index (χ3v) is 12.0. The van der Waals surface area contributed by atoms with Crippen LogP contribution in [0.2, 0.25) is 118 Å². The highest BCUT2D eigenvalue weighted by Gasteiger charge is 2.57. The Morgan fingerprint density at radius 2 is 1.10 bits per heavy atom. The van der Waals surface area contributed by atoms with Crippen molar-refractivity contribution in [3.05, 3.63) is 29.8 Å². The summed E-state index contributed by atoms with van der Waals surface area (Å²) in [5.41, 5.74) is -0.483. The smallest absolute Gasteiger partial charge is 0.331 e. The zero-order valence-electron chi connectivity index (χ0n) is 33.7. The van der Waals surface area contributed by atoms with Crippen LogP contribution >= 0.6 is 0 Å². The summed E-state index contributed by atoms with van der Waals surface area (Å²) in [5.74, 6) is 0.514. The molecule has 9 nitrogen and oxygen atoms in total. The minimum Gasteiger partial charge on any atom is -0.542 e. The van der Waals surface area contributed by atoms with Crippen LogP contribution < -0.4 is 8.85 Å². The van der Waals surface area contributed by atoms with Crippen LogP contribution in [0.5, 0.6) is 11.5 Å². The van der Waals surface area contributed by atoms with Gasteiger partial charge < -0.3 is 31.3 Å². The molecular formula is C34H66O9Si6. The first-order chi connectivity index (χ1) is 21.7. The Morgan fingerprint density at radius 3 is 1.51 bits per heavy atom. The Morgan fingerprint density at radius 1 is 0.633 bits per heavy atom. The maximum atomic E-state index is 14.1. The average molecular weight is 787 g/mol. The highest BCUT2D eigenvalue weighted by molar-refractivity contribution is 6.72. The first-order valence-electron chi connectivity index (χ1n) is 17.4. The van der Waals surface area contributed by atoms with E-state index in [1.54, 1.807) is 6.08 Å². The second-order valence-electron chi connectivity index (χ2n) is 19.0. The number of ether oxygens (including phenoxy) is 1. The minimum atomic E-state index is -2.28. The summed E-state index contributed by atoms with van der Waals surface area (Å²) in [6.07, 6.45) is 1.60. The summed E-state index contributed by atoms with van der Waals surface area (Å²) in [5, 5.41) is 0. The monoisotopic (exact) mass is 786 g/mol. The topological polar surface area (TPSA) is 98.8 Å². The predicted molar refractivity (Wildman–Crippen MR) is 216 cm³/mol. The molecule has 1 aromatic rings. The molecule has 0 aromatic heterocycles. The fraction of sp³-hybridized carbons (Fsp3) is 0.706. The molecule has 0 amide bonds. The maximum Gasteiger partial charge on any atom is 0.331 e. The number of hydrogen-bond acceptors (Lipinski definition) is 9. The van der Waals surface area contributed by atoms with Crippen LogP contribution in [0.1, 0.15) is 18.4 Å². The van der Waals surface area contributed by atoms with E-state index in [9.17, 15) is 9.59 Å². The molecule has 49 heavy (non-hydrogen) atoms. The van der Waals surface area contributed by atoms with E-state index in [0.717, 1.165) is 11.3 Å². The van der Waals surface area contributed by atoms with Gasteiger partial charge in [-0.2, -0.15) is 0 Å². The van der Waals surface area contributed by atoms with Gasteiger partial charge in [0.25, 0.3) is 0 Å². The first kappa shape index (κ1) is 43.8. The number of rotatable bonds is 15. The van der Waals surface area contributed by atoms with Gasteiger partial charge in [-0.15, -0.1) is 0 Å². The van der Waals surface area contributed by atoms with Gasteiger partial charge in [-0.3, -0.25) is 4.79 Å². The fourth-order valence-electron chi connectivity index (χ4n) is 5.52. The molecule has 1 aliphatic carbocycles. The summed E-state index contributed by atoms with van der Waals surface area (Å²) < 4.78 is 45.4. The van der Waals surface area contributed by atoms with Crippen molar-refractivity contribution in [3.63, 3.8) is 0 Å². The minimum absolute atomic E-state index is 0.216. The lowest BCUT2D eigenvalue weighted by Crippen LogP contribution is -2.64. The summed E-state index contributed by atoms with van der Waals surface area (Å²) >= 11 is 0. The molecule has 0 aliphatic heterocycles. The second-order valence-corrected chi connectivity index (χ2v) is 45.7. The molecule has 1 aromatic carbocycles. The molecule has 0 radical (unpaired) electrons. The normalized spacial score (nSPS) is 22.9. The summed E-state index contributed by atoms with van der Waals surface area (Å²) in [6.45, 7) is 37.5. The molecule has 15 heteroatoms. The summed E-state index contributed by atoms with van der Waals surface area (Å²) in [7, 11) is -12.8. The molecule has 2 rings (SSSR count). The Labute approximate surface area is 303 Å². The highest BCUT2D eigenvalue weighted by Crippen LogP contribution is 2.42. The van der Waals surface area contributed by atoms with Gasteiger partial charge in [-0.05, 0) is 142 Å². The Bertz CT molecular complexity index is 1300. The van der Waals surface area contributed by atoms with Crippen LogP contribution in [0, 0.1) is 0 Å². The van der Waals surface area contributed by atoms with Crippen molar-refractivity contribution < 1.29 is 40.9 Å². The van der Waals surface area contributed by atoms with Crippen LogP contribution in [-0.2, 0) is 32.0 Å². The highest BCUT2D eigenvalue weighted by atomic mass is 28.4. The first-order valence-corrected chi connectivity index (χ1v) is 37.9. The zero-order valence-corrected chi connectivity index (χ0v) is 39.7. The molecule has 0 heterocycles. The van der Waals surface area contributed by atoms with Crippen LogP contribution in [0.4, 0.5) is 0 Å². The van der Waals surface area contributed by atoms with Crippen LogP contribution in [0.3, 0.4) is 0 Å². The van der Waals surface area contributed by atoms with Gasteiger partial charge in [0.1, 0.15) is 11.5 Å². The maximum absolute atomic E-state index is 14.1. The number of carbonyl (C=O) groups excluding carboxylic acids is 2. The van der Waals surface area contributed by atoms with Gasteiger partial charge in [0, 0.05) is 18.9 Å². The molecule has 280 valence electrons. The van der Waals surface area contributed by atoms with Crippen molar-refractivity contribution in [3.8, 4) is 11.5 Å². The van der Waals surface area contributed by atoms with Gasteiger partial charge in [0.15, 0.2) is 36.7 Å². The largest absolute Gasteiger partial charge is 0.542 e. The van der Waals surface area contributed by atoms with Crippen molar-refractivity contribution >= 4 is 67.9 Å². The van der Waals surface area contributed by atoms with Crippen molar-refractivity contribution in [2.45, 2.75) is 155 Å². The zero-order chi connectivity index (χ0) is 38.0.